The van der Waals surface area contributed by atoms with Gasteiger partial charge in [0.1, 0.15) is 5.15 Å². The molecule has 0 unspecified atom stereocenters. The van der Waals surface area contributed by atoms with Gasteiger partial charge in [0.05, 0.1) is 5.69 Å². The second-order valence-electron chi connectivity index (χ2n) is 3.81. The number of thiophene rings is 1. The fourth-order valence-electron chi connectivity index (χ4n) is 1.56. The van der Waals surface area contributed by atoms with Crippen molar-refractivity contribution in [2.75, 3.05) is 5.32 Å². The first-order valence-electron chi connectivity index (χ1n) is 5.17. The minimum Gasteiger partial charge on any atom is -0.377 e. The highest BCUT2D eigenvalue weighted by Crippen LogP contribution is 2.27. The van der Waals surface area contributed by atoms with E-state index in [0.29, 0.717) is 10.3 Å². The number of hydrogen-bond donors (Lipinski definition) is 1. The van der Waals surface area contributed by atoms with Crippen LogP contribution >= 0.6 is 34.5 Å². The monoisotopic (exact) mass is 286 g/mol. The van der Waals surface area contributed by atoms with Crippen molar-refractivity contribution in [2.45, 2.75) is 20.4 Å². The average Bonchev–Trinajstić information content (AvgIpc) is 2.62. The molecule has 0 saturated heterocycles. The summed E-state index contributed by atoms with van der Waals surface area (Å²) in [4.78, 5) is 5.33. The highest BCUT2D eigenvalue weighted by Gasteiger charge is 2.08. The van der Waals surface area contributed by atoms with E-state index in [1.54, 1.807) is 17.4 Å². The first kappa shape index (κ1) is 12.7. The van der Waals surface area contributed by atoms with Gasteiger partial charge in [-0.2, -0.15) is 0 Å². The molecular formula is C12H12Cl2N2S. The lowest BCUT2D eigenvalue weighted by Crippen LogP contribution is -2.02. The standard InChI is InChI=1S/C12H12Cl2N2S/c1-7-3-4-17-9(7)6-15-11-8(2)5-10(13)16-12(11)14/h3-5,15H,6H2,1-2H3. The molecule has 0 atom stereocenters. The predicted molar refractivity (Wildman–Crippen MR) is 75.4 cm³/mol. The van der Waals surface area contributed by atoms with Crippen LogP contribution < -0.4 is 5.32 Å². The summed E-state index contributed by atoms with van der Waals surface area (Å²) in [6.07, 6.45) is 0. The van der Waals surface area contributed by atoms with Crippen LogP contribution in [0.25, 0.3) is 0 Å². The van der Waals surface area contributed by atoms with Gasteiger partial charge >= 0.3 is 0 Å². The Kier molecular flexibility index (Phi) is 3.92. The fraction of sp³-hybridized carbons (Fsp3) is 0.250. The van der Waals surface area contributed by atoms with Crippen molar-refractivity contribution < 1.29 is 0 Å². The minimum absolute atomic E-state index is 0.421. The zero-order valence-corrected chi connectivity index (χ0v) is 11.9. The quantitative estimate of drug-likeness (QED) is 0.829. The lowest BCUT2D eigenvalue weighted by Gasteiger charge is -2.10. The first-order chi connectivity index (χ1) is 8.08. The number of nitrogens with one attached hydrogen (secondary N) is 1. The van der Waals surface area contributed by atoms with E-state index in [2.05, 4.69) is 28.7 Å². The molecule has 2 heterocycles. The molecule has 0 spiro atoms. The summed E-state index contributed by atoms with van der Waals surface area (Å²) in [5.74, 6) is 0. The highest BCUT2D eigenvalue weighted by atomic mass is 35.5. The molecule has 0 fully saturated rings. The lowest BCUT2D eigenvalue weighted by molar-refractivity contribution is 1.14. The maximum atomic E-state index is 6.06. The smallest absolute Gasteiger partial charge is 0.154 e. The molecule has 90 valence electrons. The summed E-state index contributed by atoms with van der Waals surface area (Å²) in [6.45, 7) is 4.82. The Hall–Kier alpha value is -0.770. The predicted octanol–water partition coefficient (Wildman–Crippen LogP) is 4.68. The second kappa shape index (κ2) is 5.25. The third kappa shape index (κ3) is 2.92. The van der Waals surface area contributed by atoms with Crippen LogP contribution in [0.15, 0.2) is 17.5 Å². The van der Waals surface area contributed by atoms with Gasteiger partial charge in [0, 0.05) is 11.4 Å². The third-order valence-corrected chi connectivity index (χ3v) is 4.03. The molecule has 0 aliphatic carbocycles. The summed E-state index contributed by atoms with van der Waals surface area (Å²) in [7, 11) is 0. The number of nitrogens with zero attached hydrogens (tertiary/aromatic N) is 1. The molecule has 2 aromatic rings. The lowest BCUT2D eigenvalue weighted by atomic mass is 10.2. The molecule has 2 nitrogen and oxygen atoms in total. The highest BCUT2D eigenvalue weighted by molar-refractivity contribution is 7.10. The number of halogens is 2. The van der Waals surface area contributed by atoms with Crippen molar-refractivity contribution >= 4 is 40.2 Å². The molecule has 0 aliphatic heterocycles. The molecule has 5 heteroatoms. The van der Waals surface area contributed by atoms with Crippen molar-refractivity contribution in [3.05, 3.63) is 43.8 Å². The molecule has 0 bridgehead atoms. The summed E-state index contributed by atoms with van der Waals surface area (Å²) >= 11 is 13.6. The zero-order chi connectivity index (χ0) is 12.4. The van der Waals surface area contributed by atoms with Crippen LogP contribution in [0.3, 0.4) is 0 Å². The third-order valence-electron chi connectivity index (χ3n) is 2.54. The Labute approximate surface area is 115 Å². The molecule has 0 radical (unpaired) electrons. The maximum Gasteiger partial charge on any atom is 0.154 e. The molecule has 2 aromatic heterocycles. The maximum absolute atomic E-state index is 6.06. The van der Waals surface area contributed by atoms with Crippen molar-refractivity contribution in [1.29, 1.82) is 0 Å². The van der Waals surface area contributed by atoms with Gasteiger partial charge in [-0.05, 0) is 42.5 Å². The largest absolute Gasteiger partial charge is 0.377 e. The van der Waals surface area contributed by atoms with E-state index in [1.807, 2.05) is 6.92 Å². The van der Waals surface area contributed by atoms with E-state index in [1.165, 1.54) is 10.4 Å². The van der Waals surface area contributed by atoms with Gasteiger partial charge in [-0.1, -0.05) is 23.2 Å². The van der Waals surface area contributed by atoms with Gasteiger partial charge in [0.2, 0.25) is 0 Å². The Morgan fingerprint density at radius 1 is 1.29 bits per heavy atom. The van der Waals surface area contributed by atoms with Crippen LogP contribution in [0.2, 0.25) is 10.3 Å². The Bertz CT molecular complexity index is 514. The summed E-state index contributed by atoms with van der Waals surface area (Å²) < 4.78 is 0. The molecule has 0 aromatic carbocycles. The molecule has 0 saturated carbocycles. The minimum atomic E-state index is 0.421. The van der Waals surface area contributed by atoms with E-state index < -0.39 is 0 Å². The van der Waals surface area contributed by atoms with Gasteiger partial charge in [-0.3, -0.25) is 0 Å². The number of aryl methyl sites for hydroxylation is 2. The van der Waals surface area contributed by atoms with Crippen LogP contribution in [0.5, 0.6) is 0 Å². The second-order valence-corrected chi connectivity index (χ2v) is 5.55. The SMILES string of the molecule is Cc1ccsc1CNc1c(C)cc(Cl)nc1Cl. The average molecular weight is 287 g/mol. The van der Waals surface area contributed by atoms with Crippen LogP contribution in [0.4, 0.5) is 5.69 Å². The molecule has 17 heavy (non-hydrogen) atoms. The van der Waals surface area contributed by atoms with Crippen molar-refractivity contribution in [3.8, 4) is 0 Å². The molecule has 0 aliphatic rings. The van der Waals surface area contributed by atoms with E-state index in [4.69, 9.17) is 23.2 Å². The summed E-state index contributed by atoms with van der Waals surface area (Å²) in [5, 5.41) is 6.24. The van der Waals surface area contributed by atoms with Crippen molar-refractivity contribution in [1.82, 2.24) is 4.98 Å². The molecule has 0 amide bonds. The number of anilines is 1. The number of aromatic nitrogens is 1. The van der Waals surface area contributed by atoms with Crippen LogP contribution in [-0.2, 0) is 6.54 Å². The van der Waals surface area contributed by atoms with Crippen molar-refractivity contribution in [2.24, 2.45) is 0 Å². The van der Waals surface area contributed by atoms with Gasteiger partial charge in [0.25, 0.3) is 0 Å². The molecular weight excluding hydrogens is 275 g/mol. The van der Waals surface area contributed by atoms with Crippen LogP contribution in [0.1, 0.15) is 16.0 Å². The van der Waals surface area contributed by atoms with Gasteiger partial charge in [0.15, 0.2) is 5.15 Å². The Morgan fingerprint density at radius 2 is 2.06 bits per heavy atom. The fourth-order valence-corrected chi connectivity index (χ4v) is 3.01. The number of hydrogen-bond acceptors (Lipinski definition) is 3. The van der Waals surface area contributed by atoms with E-state index in [-0.39, 0.29) is 0 Å². The van der Waals surface area contributed by atoms with Crippen molar-refractivity contribution in [3.63, 3.8) is 0 Å². The normalized spacial score (nSPS) is 10.6. The number of pyridine rings is 1. The molecule has 2 rings (SSSR count). The summed E-state index contributed by atoms with van der Waals surface area (Å²) in [6, 6.07) is 3.91. The van der Waals surface area contributed by atoms with E-state index in [9.17, 15) is 0 Å². The van der Waals surface area contributed by atoms with E-state index in [0.717, 1.165) is 17.8 Å². The summed E-state index contributed by atoms with van der Waals surface area (Å²) in [5.41, 5.74) is 3.14. The van der Waals surface area contributed by atoms with Gasteiger partial charge in [-0.25, -0.2) is 4.98 Å². The van der Waals surface area contributed by atoms with Crippen LogP contribution in [-0.4, -0.2) is 4.98 Å². The number of rotatable bonds is 3. The topological polar surface area (TPSA) is 24.9 Å². The zero-order valence-electron chi connectivity index (χ0n) is 9.55. The molecule has 1 N–H and O–H groups in total. The van der Waals surface area contributed by atoms with Crippen LogP contribution in [0, 0.1) is 13.8 Å². The van der Waals surface area contributed by atoms with Gasteiger partial charge in [-0.15, -0.1) is 11.3 Å². The van der Waals surface area contributed by atoms with E-state index >= 15 is 0 Å². The Balaban J connectivity index is 2.17. The Morgan fingerprint density at radius 3 is 2.65 bits per heavy atom. The van der Waals surface area contributed by atoms with Gasteiger partial charge < -0.3 is 5.32 Å². The first-order valence-corrected chi connectivity index (χ1v) is 6.81.